The van der Waals surface area contributed by atoms with Gasteiger partial charge in [0.2, 0.25) is 5.75 Å². The molecule has 0 saturated heterocycles. The van der Waals surface area contributed by atoms with Crippen molar-refractivity contribution in [3.63, 3.8) is 0 Å². The minimum absolute atomic E-state index is 0. The molecule has 0 bridgehead atoms. The molecule has 0 saturated carbocycles. The van der Waals surface area contributed by atoms with Gasteiger partial charge >= 0.3 is 29.6 Å². The molecule has 1 rings (SSSR count). The Bertz CT molecular complexity index is 403. The summed E-state index contributed by atoms with van der Waals surface area (Å²) < 4.78 is 0. The Kier molecular flexibility index (Phi) is 5.64. The van der Waals surface area contributed by atoms with Crippen LogP contribution in [-0.4, -0.2) is 21.3 Å². The van der Waals surface area contributed by atoms with Crippen LogP contribution in [0.4, 0.5) is 0 Å². The molecule has 3 N–H and O–H groups in total. The summed E-state index contributed by atoms with van der Waals surface area (Å²) in [5.74, 6) is -3.48. The number of hydrogen-bond donors (Lipinski definition) is 3. The summed E-state index contributed by atoms with van der Waals surface area (Å²) in [5, 5.41) is 38.5. The van der Waals surface area contributed by atoms with Crippen molar-refractivity contribution in [2.45, 2.75) is 19.8 Å². The van der Waals surface area contributed by atoms with Gasteiger partial charge in [-0.1, -0.05) is 13.3 Å². The third kappa shape index (κ3) is 2.81. The van der Waals surface area contributed by atoms with Gasteiger partial charge in [0.05, 0.1) is 5.97 Å². The second-order valence-corrected chi connectivity index (χ2v) is 3.16. The third-order valence-corrected chi connectivity index (χ3v) is 2.08. The normalized spacial score (nSPS) is 9.56. The Morgan fingerprint density at radius 2 is 1.88 bits per heavy atom. The first kappa shape index (κ1) is 15.1. The Morgan fingerprint density at radius 1 is 1.31 bits per heavy atom. The number of hydrogen-bond acceptors (Lipinski definition) is 5. The SMILES string of the molecule is CCCc1c(C(=O)[O-])cc(O)c(O)c1O.[Na+]. The van der Waals surface area contributed by atoms with E-state index in [-0.39, 0.29) is 47.1 Å². The molecule has 0 aliphatic carbocycles. The van der Waals surface area contributed by atoms with E-state index in [4.69, 9.17) is 5.11 Å². The summed E-state index contributed by atoms with van der Waals surface area (Å²) in [4.78, 5) is 10.7. The number of benzene rings is 1. The average molecular weight is 234 g/mol. The summed E-state index contributed by atoms with van der Waals surface area (Å²) in [7, 11) is 0. The van der Waals surface area contributed by atoms with Gasteiger partial charge in [0.1, 0.15) is 0 Å². The van der Waals surface area contributed by atoms with E-state index >= 15 is 0 Å². The van der Waals surface area contributed by atoms with Crippen molar-refractivity contribution in [2.75, 3.05) is 0 Å². The Hall–Kier alpha value is -0.910. The zero-order valence-corrected chi connectivity index (χ0v) is 11.1. The molecule has 0 radical (unpaired) electrons. The number of phenols is 3. The van der Waals surface area contributed by atoms with Crippen LogP contribution in [0.25, 0.3) is 0 Å². The molecule has 0 aliphatic heterocycles. The van der Waals surface area contributed by atoms with Crippen molar-refractivity contribution in [1.29, 1.82) is 0 Å². The van der Waals surface area contributed by atoms with E-state index in [0.717, 1.165) is 6.07 Å². The van der Waals surface area contributed by atoms with Crippen LogP contribution in [0.1, 0.15) is 29.3 Å². The van der Waals surface area contributed by atoms with Gasteiger partial charge in [0.15, 0.2) is 11.5 Å². The van der Waals surface area contributed by atoms with Crippen molar-refractivity contribution >= 4 is 5.97 Å². The largest absolute Gasteiger partial charge is 1.00 e. The van der Waals surface area contributed by atoms with Crippen LogP contribution in [-0.2, 0) is 6.42 Å². The molecule has 0 heterocycles. The number of aromatic carboxylic acids is 1. The molecule has 5 nitrogen and oxygen atoms in total. The minimum Gasteiger partial charge on any atom is -0.545 e. The van der Waals surface area contributed by atoms with Gasteiger partial charge in [0, 0.05) is 11.1 Å². The first-order valence-electron chi connectivity index (χ1n) is 4.47. The standard InChI is InChI=1S/C10H12O5.Na/c1-2-3-5-6(10(14)15)4-7(11)9(13)8(5)12;/h4,11-13H,2-3H2,1H3,(H,14,15);/q;+1/p-1. The van der Waals surface area contributed by atoms with Crippen LogP contribution in [0.5, 0.6) is 17.2 Å². The fourth-order valence-electron chi connectivity index (χ4n) is 1.37. The predicted molar refractivity (Wildman–Crippen MR) is 49.8 cm³/mol. The van der Waals surface area contributed by atoms with Crippen molar-refractivity contribution in [3.8, 4) is 17.2 Å². The van der Waals surface area contributed by atoms with E-state index in [1.165, 1.54) is 0 Å². The van der Waals surface area contributed by atoms with E-state index in [1.807, 2.05) is 0 Å². The Labute approximate surface area is 115 Å². The van der Waals surface area contributed by atoms with Crippen LogP contribution in [0.2, 0.25) is 0 Å². The summed E-state index contributed by atoms with van der Waals surface area (Å²) in [5.41, 5.74) is -0.225. The van der Waals surface area contributed by atoms with Gasteiger partial charge in [0.25, 0.3) is 0 Å². The van der Waals surface area contributed by atoms with Crippen molar-refractivity contribution in [2.24, 2.45) is 0 Å². The molecule has 0 aromatic heterocycles. The molecule has 0 amide bonds. The number of carboxylic acid groups (broad SMARTS) is 1. The zero-order chi connectivity index (χ0) is 11.6. The van der Waals surface area contributed by atoms with Gasteiger partial charge < -0.3 is 25.2 Å². The number of carboxylic acids is 1. The van der Waals surface area contributed by atoms with E-state index < -0.39 is 23.2 Å². The number of phenolic OH excluding ortho intramolecular Hbond substituents is 3. The summed E-state index contributed by atoms with van der Waals surface area (Å²) in [6.07, 6.45) is 0.876. The van der Waals surface area contributed by atoms with Crippen LogP contribution in [0.3, 0.4) is 0 Å². The number of carbonyl (C=O) groups is 1. The third-order valence-electron chi connectivity index (χ3n) is 2.08. The molecule has 16 heavy (non-hydrogen) atoms. The topological polar surface area (TPSA) is 101 Å². The fourth-order valence-corrected chi connectivity index (χ4v) is 1.37. The van der Waals surface area contributed by atoms with Crippen molar-refractivity contribution in [3.05, 3.63) is 17.2 Å². The van der Waals surface area contributed by atoms with Crippen molar-refractivity contribution in [1.82, 2.24) is 0 Å². The van der Waals surface area contributed by atoms with E-state index in [9.17, 15) is 20.1 Å². The molecular weight excluding hydrogens is 223 g/mol. The molecule has 0 atom stereocenters. The van der Waals surface area contributed by atoms with E-state index in [0.29, 0.717) is 6.42 Å². The molecule has 0 aliphatic rings. The first-order valence-corrected chi connectivity index (χ1v) is 4.47. The zero-order valence-electron chi connectivity index (χ0n) is 9.15. The smallest absolute Gasteiger partial charge is 0.545 e. The minimum atomic E-state index is -1.50. The van der Waals surface area contributed by atoms with Crippen LogP contribution < -0.4 is 34.7 Å². The van der Waals surface area contributed by atoms with E-state index in [2.05, 4.69) is 0 Å². The van der Waals surface area contributed by atoms with E-state index in [1.54, 1.807) is 6.92 Å². The maximum Gasteiger partial charge on any atom is 1.00 e. The monoisotopic (exact) mass is 234 g/mol. The first-order chi connectivity index (χ1) is 6.99. The summed E-state index contributed by atoms with van der Waals surface area (Å²) in [6, 6.07) is 0.870. The Balaban J connectivity index is 0.00000225. The Morgan fingerprint density at radius 3 is 2.31 bits per heavy atom. The van der Waals surface area contributed by atoms with Gasteiger partial charge in [-0.05, 0) is 12.5 Å². The summed E-state index contributed by atoms with van der Waals surface area (Å²) in [6.45, 7) is 1.79. The molecule has 0 unspecified atom stereocenters. The second kappa shape index (κ2) is 5.98. The molecule has 82 valence electrons. The van der Waals surface area contributed by atoms with Crippen molar-refractivity contribution < 1.29 is 54.8 Å². The molecule has 0 fully saturated rings. The van der Waals surface area contributed by atoms with Gasteiger partial charge in [-0.15, -0.1) is 0 Å². The quantitative estimate of drug-likeness (QED) is 0.385. The van der Waals surface area contributed by atoms with Gasteiger partial charge in [-0.3, -0.25) is 0 Å². The number of aromatic hydroxyl groups is 3. The molecule has 6 heteroatoms. The number of rotatable bonds is 3. The molecule has 1 aromatic carbocycles. The van der Waals surface area contributed by atoms with Crippen LogP contribution >= 0.6 is 0 Å². The molecule has 1 aromatic rings. The van der Waals surface area contributed by atoms with Gasteiger partial charge in [-0.2, -0.15) is 0 Å². The van der Waals surface area contributed by atoms with Gasteiger partial charge in [-0.25, -0.2) is 0 Å². The van der Waals surface area contributed by atoms with Crippen LogP contribution in [0.15, 0.2) is 6.07 Å². The van der Waals surface area contributed by atoms with Crippen LogP contribution in [0, 0.1) is 0 Å². The molecule has 0 spiro atoms. The second-order valence-electron chi connectivity index (χ2n) is 3.16. The average Bonchev–Trinajstić information content (AvgIpc) is 2.18. The predicted octanol–water partition coefficient (Wildman–Crippen LogP) is -2.88. The maximum atomic E-state index is 10.7. The fraction of sp³-hybridized carbons (Fsp3) is 0.300. The summed E-state index contributed by atoms with van der Waals surface area (Å²) >= 11 is 0. The molecular formula is C10H11NaO5. The maximum absolute atomic E-state index is 10.7. The number of carbonyl (C=O) groups excluding carboxylic acids is 1.